The van der Waals surface area contributed by atoms with Crippen molar-refractivity contribution in [3.05, 3.63) is 83.9 Å². The monoisotopic (exact) mass is 295 g/mol. The average Bonchev–Trinajstić information content (AvgIpc) is 3.12. The molecule has 0 saturated carbocycles. The minimum absolute atomic E-state index is 1.04. The van der Waals surface area contributed by atoms with Gasteiger partial charge in [-0.1, -0.05) is 60.7 Å². The Morgan fingerprint density at radius 3 is 2.43 bits per heavy atom. The Morgan fingerprint density at radius 1 is 0.783 bits per heavy atom. The van der Waals surface area contributed by atoms with Gasteiger partial charge >= 0.3 is 0 Å². The van der Waals surface area contributed by atoms with E-state index in [0.29, 0.717) is 0 Å². The van der Waals surface area contributed by atoms with Crippen molar-refractivity contribution in [3.8, 4) is 22.4 Å². The van der Waals surface area contributed by atoms with Crippen LogP contribution < -0.4 is 0 Å². The first kappa shape index (κ1) is 12.7. The van der Waals surface area contributed by atoms with Crippen molar-refractivity contribution in [3.63, 3.8) is 0 Å². The lowest BCUT2D eigenvalue weighted by Crippen LogP contribution is -1.91. The molecule has 1 aliphatic carbocycles. The molecular formula is C22H17N. The van der Waals surface area contributed by atoms with Crippen LogP contribution in [-0.2, 0) is 13.5 Å². The van der Waals surface area contributed by atoms with Gasteiger partial charge in [-0.15, -0.1) is 0 Å². The van der Waals surface area contributed by atoms with Crippen LogP contribution in [0.2, 0.25) is 0 Å². The van der Waals surface area contributed by atoms with Gasteiger partial charge in [-0.05, 0) is 34.4 Å². The molecule has 23 heavy (non-hydrogen) atoms. The van der Waals surface area contributed by atoms with E-state index in [0.717, 1.165) is 6.42 Å². The van der Waals surface area contributed by atoms with E-state index < -0.39 is 0 Å². The summed E-state index contributed by atoms with van der Waals surface area (Å²) in [5.41, 5.74) is 9.60. The van der Waals surface area contributed by atoms with Crippen molar-refractivity contribution in [2.45, 2.75) is 6.42 Å². The van der Waals surface area contributed by atoms with Crippen LogP contribution >= 0.6 is 0 Å². The molecule has 0 aliphatic heterocycles. The van der Waals surface area contributed by atoms with Gasteiger partial charge in [0.1, 0.15) is 0 Å². The van der Waals surface area contributed by atoms with Gasteiger partial charge in [0.25, 0.3) is 0 Å². The van der Waals surface area contributed by atoms with Crippen LogP contribution in [0.5, 0.6) is 0 Å². The van der Waals surface area contributed by atoms with Crippen molar-refractivity contribution in [2.24, 2.45) is 7.05 Å². The van der Waals surface area contributed by atoms with Gasteiger partial charge in [0.15, 0.2) is 0 Å². The molecule has 0 radical (unpaired) electrons. The lowest BCUT2D eigenvalue weighted by atomic mass is 10.0. The van der Waals surface area contributed by atoms with Gasteiger partial charge in [0.2, 0.25) is 0 Å². The number of rotatable bonds is 1. The van der Waals surface area contributed by atoms with Crippen LogP contribution in [0.15, 0.2) is 72.8 Å². The highest BCUT2D eigenvalue weighted by Crippen LogP contribution is 2.42. The Bertz CT molecular complexity index is 1040. The lowest BCUT2D eigenvalue weighted by molar-refractivity contribution is 0.978. The van der Waals surface area contributed by atoms with Crippen molar-refractivity contribution in [2.75, 3.05) is 0 Å². The van der Waals surface area contributed by atoms with Crippen LogP contribution in [0.4, 0.5) is 0 Å². The normalized spacial score (nSPS) is 12.4. The standard InChI is InChI=1S/C22H17N/c1-23-21-12-11-16(15-7-3-2-4-8-15)13-19(21)20-14-17-9-5-6-10-18(17)22(20)23/h2-13H,14H2,1H3. The molecule has 1 heterocycles. The molecule has 0 bridgehead atoms. The van der Waals surface area contributed by atoms with Crippen LogP contribution in [-0.4, -0.2) is 4.57 Å². The third-order valence-electron chi connectivity index (χ3n) is 5.05. The fourth-order valence-corrected chi connectivity index (χ4v) is 3.95. The second kappa shape index (κ2) is 4.60. The summed E-state index contributed by atoms with van der Waals surface area (Å²) in [6.07, 6.45) is 1.04. The van der Waals surface area contributed by atoms with Crippen molar-refractivity contribution in [1.82, 2.24) is 4.57 Å². The van der Waals surface area contributed by atoms with Gasteiger partial charge < -0.3 is 4.57 Å². The first-order chi connectivity index (χ1) is 11.3. The molecule has 1 aliphatic rings. The molecule has 4 aromatic rings. The Kier molecular flexibility index (Phi) is 2.54. The summed E-state index contributed by atoms with van der Waals surface area (Å²) in [6.45, 7) is 0. The van der Waals surface area contributed by atoms with Crippen molar-refractivity contribution < 1.29 is 0 Å². The molecule has 0 unspecified atom stereocenters. The molecule has 1 nitrogen and oxygen atoms in total. The molecule has 1 heteroatoms. The third-order valence-corrected chi connectivity index (χ3v) is 5.05. The molecule has 0 N–H and O–H groups in total. The predicted molar refractivity (Wildman–Crippen MR) is 96.6 cm³/mol. The quantitative estimate of drug-likeness (QED) is 0.389. The van der Waals surface area contributed by atoms with E-state index in [1.807, 2.05) is 0 Å². The number of aromatic nitrogens is 1. The Morgan fingerprint density at radius 2 is 1.57 bits per heavy atom. The maximum atomic E-state index is 2.36. The van der Waals surface area contributed by atoms with Crippen LogP contribution in [0.25, 0.3) is 33.3 Å². The Hall–Kier alpha value is -2.80. The molecule has 0 spiro atoms. The van der Waals surface area contributed by atoms with E-state index in [9.17, 15) is 0 Å². The molecule has 1 aromatic heterocycles. The largest absolute Gasteiger partial charge is 0.343 e. The molecular weight excluding hydrogens is 278 g/mol. The molecule has 0 atom stereocenters. The average molecular weight is 295 g/mol. The fraction of sp³-hybridized carbons (Fsp3) is 0.0909. The number of hydrogen-bond acceptors (Lipinski definition) is 0. The summed E-state index contributed by atoms with van der Waals surface area (Å²) >= 11 is 0. The molecule has 0 saturated heterocycles. The van der Waals surface area contributed by atoms with Crippen LogP contribution in [0, 0.1) is 0 Å². The zero-order chi connectivity index (χ0) is 15.4. The van der Waals surface area contributed by atoms with Gasteiger partial charge in [0, 0.05) is 29.9 Å². The van der Waals surface area contributed by atoms with E-state index in [-0.39, 0.29) is 0 Å². The smallest absolute Gasteiger partial charge is 0.0527 e. The molecule has 110 valence electrons. The zero-order valence-electron chi connectivity index (χ0n) is 13.1. The SMILES string of the molecule is Cn1c2c(c3cc(-c4ccccc4)ccc31)Cc1ccccc1-2. The summed E-state index contributed by atoms with van der Waals surface area (Å²) in [6, 6.07) is 26.3. The third kappa shape index (κ3) is 1.74. The fourth-order valence-electron chi connectivity index (χ4n) is 3.95. The van der Waals surface area contributed by atoms with E-state index in [4.69, 9.17) is 0 Å². The minimum atomic E-state index is 1.04. The van der Waals surface area contributed by atoms with E-state index in [1.165, 1.54) is 44.4 Å². The first-order valence-corrected chi connectivity index (χ1v) is 8.08. The highest BCUT2D eigenvalue weighted by Gasteiger charge is 2.24. The Balaban J connectivity index is 1.78. The van der Waals surface area contributed by atoms with E-state index in [2.05, 4.69) is 84.4 Å². The van der Waals surface area contributed by atoms with E-state index >= 15 is 0 Å². The predicted octanol–water partition coefficient (Wildman–Crippen LogP) is 5.42. The summed E-state index contributed by atoms with van der Waals surface area (Å²) in [4.78, 5) is 0. The lowest BCUT2D eigenvalue weighted by Gasteiger charge is -2.06. The van der Waals surface area contributed by atoms with Crippen LogP contribution in [0.1, 0.15) is 11.1 Å². The van der Waals surface area contributed by atoms with Gasteiger partial charge in [0.05, 0.1) is 5.69 Å². The second-order valence-corrected chi connectivity index (χ2v) is 6.32. The summed E-state index contributed by atoms with van der Waals surface area (Å²) in [5.74, 6) is 0. The number of benzene rings is 3. The number of aryl methyl sites for hydroxylation is 1. The topological polar surface area (TPSA) is 4.93 Å². The maximum Gasteiger partial charge on any atom is 0.0527 e. The molecule has 0 amide bonds. The highest BCUT2D eigenvalue weighted by molar-refractivity contribution is 5.97. The maximum absolute atomic E-state index is 2.36. The van der Waals surface area contributed by atoms with Gasteiger partial charge in [-0.25, -0.2) is 0 Å². The summed E-state index contributed by atoms with van der Waals surface area (Å²) < 4.78 is 2.35. The highest BCUT2D eigenvalue weighted by atomic mass is 15.0. The van der Waals surface area contributed by atoms with Crippen LogP contribution in [0.3, 0.4) is 0 Å². The second-order valence-electron chi connectivity index (χ2n) is 6.32. The number of fused-ring (bicyclic) bond motifs is 5. The van der Waals surface area contributed by atoms with E-state index in [1.54, 1.807) is 0 Å². The first-order valence-electron chi connectivity index (χ1n) is 8.08. The molecule has 5 rings (SSSR count). The summed E-state index contributed by atoms with van der Waals surface area (Å²) in [7, 11) is 2.19. The van der Waals surface area contributed by atoms with Crippen molar-refractivity contribution >= 4 is 10.9 Å². The number of nitrogens with zero attached hydrogens (tertiary/aromatic N) is 1. The number of hydrogen-bond donors (Lipinski definition) is 0. The van der Waals surface area contributed by atoms with Crippen molar-refractivity contribution in [1.29, 1.82) is 0 Å². The minimum Gasteiger partial charge on any atom is -0.343 e. The summed E-state index contributed by atoms with van der Waals surface area (Å²) in [5, 5.41) is 1.39. The Labute approximate surface area is 135 Å². The molecule has 3 aromatic carbocycles. The van der Waals surface area contributed by atoms with Gasteiger partial charge in [-0.2, -0.15) is 0 Å². The molecule has 0 fully saturated rings. The zero-order valence-corrected chi connectivity index (χ0v) is 13.1. The van der Waals surface area contributed by atoms with Gasteiger partial charge in [-0.3, -0.25) is 0 Å².